The summed E-state index contributed by atoms with van der Waals surface area (Å²) in [7, 11) is 5.64. The van der Waals surface area contributed by atoms with Crippen molar-refractivity contribution in [3.05, 3.63) is 29.9 Å². The molecule has 2 amide bonds. The summed E-state index contributed by atoms with van der Waals surface area (Å²) in [4.78, 5) is 45.5. The number of nitrogens with one attached hydrogen (secondary N) is 1. The van der Waals surface area contributed by atoms with E-state index in [-0.39, 0.29) is 30.1 Å². The van der Waals surface area contributed by atoms with Crippen LogP contribution in [0.1, 0.15) is 89.2 Å². The maximum Gasteiger partial charge on any atom is 0.410 e. The predicted molar refractivity (Wildman–Crippen MR) is 160 cm³/mol. The Morgan fingerprint density at radius 3 is 2.49 bits per heavy atom. The molecule has 1 aliphatic carbocycles. The molecular weight excluding hydrogens is 520 g/mol. The maximum atomic E-state index is 13.0. The zero-order valence-electron chi connectivity index (χ0n) is 25.5. The molecule has 1 N–H and O–H groups in total. The Morgan fingerprint density at radius 1 is 1.12 bits per heavy atom. The topological polar surface area (TPSA) is 108 Å². The normalized spacial score (nSPS) is 21.6. The molecule has 1 saturated heterocycles. The summed E-state index contributed by atoms with van der Waals surface area (Å²) in [5.74, 6) is 1.27. The van der Waals surface area contributed by atoms with Gasteiger partial charge in [0.1, 0.15) is 22.8 Å². The molecule has 2 aliphatic heterocycles. The van der Waals surface area contributed by atoms with Gasteiger partial charge in [-0.05, 0) is 59.4 Å². The second-order valence-corrected chi connectivity index (χ2v) is 12.8. The molecule has 0 radical (unpaired) electrons. The monoisotopic (exact) mass is 564 g/mol. The van der Waals surface area contributed by atoms with Crippen molar-refractivity contribution in [1.29, 1.82) is 0 Å². The highest BCUT2D eigenvalue weighted by Gasteiger charge is 2.37. The van der Waals surface area contributed by atoms with E-state index in [1.807, 2.05) is 37.9 Å². The van der Waals surface area contributed by atoms with Crippen molar-refractivity contribution in [3.63, 3.8) is 0 Å². The average Bonchev–Trinajstić information content (AvgIpc) is 3.65. The number of aromatic nitrogens is 3. The summed E-state index contributed by atoms with van der Waals surface area (Å²) >= 11 is 0. The fourth-order valence-electron chi connectivity index (χ4n) is 6.11. The molecule has 41 heavy (non-hydrogen) atoms. The average molecular weight is 565 g/mol. The third-order valence-electron chi connectivity index (χ3n) is 8.32. The van der Waals surface area contributed by atoms with Crippen LogP contribution in [0, 0.1) is 0 Å². The third kappa shape index (κ3) is 6.18. The molecule has 2 aromatic heterocycles. The van der Waals surface area contributed by atoms with Gasteiger partial charge >= 0.3 is 6.09 Å². The summed E-state index contributed by atoms with van der Waals surface area (Å²) in [5.41, 5.74) is 2.08. The number of nitrogens with zero attached hydrogens (tertiary/aromatic N) is 7. The van der Waals surface area contributed by atoms with Gasteiger partial charge in [-0.25, -0.2) is 14.8 Å². The molecule has 2 unspecified atom stereocenters. The van der Waals surface area contributed by atoms with E-state index >= 15 is 0 Å². The molecule has 2 fully saturated rings. The van der Waals surface area contributed by atoms with Gasteiger partial charge < -0.3 is 29.3 Å². The highest BCUT2D eigenvalue weighted by atomic mass is 16.6. The largest absolute Gasteiger partial charge is 0.444 e. The molecular formula is C30H44N8O3. The molecule has 1 saturated carbocycles. The summed E-state index contributed by atoms with van der Waals surface area (Å²) < 4.78 is 7.74. The fourth-order valence-corrected chi connectivity index (χ4v) is 6.11. The number of amidine groups is 1. The van der Waals surface area contributed by atoms with E-state index in [4.69, 9.17) is 14.7 Å². The van der Waals surface area contributed by atoms with Crippen LogP contribution in [0.2, 0.25) is 0 Å². The van der Waals surface area contributed by atoms with E-state index in [2.05, 4.69) is 33.7 Å². The number of aliphatic imine (C=N–C) groups is 1. The van der Waals surface area contributed by atoms with Crippen molar-refractivity contribution >= 4 is 34.8 Å². The molecule has 222 valence electrons. The van der Waals surface area contributed by atoms with E-state index in [1.54, 1.807) is 25.2 Å². The molecule has 11 nitrogen and oxygen atoms in total. The Hall–Kier alpha value is -3.63. The van der Waals surface area contributed by atoms with Crippen molar-refractivity contribution in [2.75, 3.05) is 33.0 Å². The van der Waals surface area contributed by atoms with Crippen molar-refractivity contribution < 1.29 is 14.3 Å². The number of likely N-dealkylation sites (N-methyl/N-ethyl adjacent to an activating group) is 1. The van der Waals surface area contributed by atoms with Gasteiger partial charge in [-0.2, -0.15) is 4.98 Å². The van der Waals surface area contributed by atoms with E-state index in [1.165, 1.54) is 0 Å². The number of carbonyl (C=O) groups is 2. The van der Waals surface area contributed by atoms with Crippen molar-refractivity contribution in [2.24, 2.45) is 4.99 Å². The van der Waals surface area contributed by atoms with Gasteiger partial charge in [0.25, 0.3) is 5.91 Å². The molecule has 2 atom stereocenters. The number of carbonyl (C=O) groups excluding carboxylic acids is 2. The number of fused-ring (bicyclic) bond motifs is 1. The summed E-state index contributed by atoms with van der Waals surface area (Å²) in [5, 5.41) is 4.19. The molecule has 11 heteroatoms. The number of hydrogen-bond acceptors (Lipinski definition) is 8. The minimum absolute atomic E-state index is 0.0197. The van der Waals surface area contributed by atoms with Crippen molar-refractivity contribution in [3.8, 4) is 0 Å². The number of allylic oxidation sites excluding steroid dienone is 1. The highest BCUT2D eigenvalue weighted by molar-refractivity contribution is 5.99. The lowest BCUT2D eigenvalue weighted by atomic mass is 10.1. The minimum Gasteiger partial charge on any atom is -0.444 e. The SMILES string of the molecule is CC1CC(N(C)C2=CN=C(Nc3ncc4cc(C(=O)N(C)C)n(C5CCCC5)c4n3)CC2)CN1C(=O)OC(C)(C)C. The second-order valence-electron chi connectivity index (χ2n) is 12.8. The van der Waals surface area contributed by atoms with E-state index in [0.29, 0.717) is 18.2 Å². The molecule has 5 rings (SSSR count). The lowest BCUT2D eigenvalue weighted by Crippen LogP contribution is -2.40. The number of hydrogen-bond donors (Lipinski definition) is 1. The van der Waals surface area contributed by atoms with Crippen LogP contribution >= 0.6 is 0 Å². The van der Waals surface area contributed by atoms with Gasteiger partial charge in [0.05, 0.1) is 0 Å². The van der Waals surface area contributed by atoms with Crippen LogP contribution in [0.15, 0.2) is 29.2 Å². The fraction of sp³-hybridized carbons (Fsp3) is 0.633. The van der Waals surface area contributed by atoms with Gasteiger partial charge in [0.2, 0.25) is 5.95 Å². The highest BCUT2D eigenvalue weighted by Crippen LogP contribution is 2.35. The number of anilines is 1. The Kier molecular flexibility index (Phi) is 7.98. The Labute approximate surface area is 242 Å². The Balaban J connectivity index is 1.29. The molecule has 3 aliphatic rings. The molecule has 2 aromatic rings. The zero-order valence-corrected chi connectivity index (χ0v) is 25.5. The van der Waals surface area contributed by atoms with Gasteiger partial charge in [-0.15, -0.1) is 0 Å². The summed E-state index contributed by atoms with van der Waals surface area (Å²) in [6.07, 6.45) is 10.3. The smallest absolute Gasteiger partial charge is 0.410 e. The van der Waals surface area contributed by atoms with Crippen molar-refractivity contribution in [2.45, 2.75) is 96.4 Å². The summed E-state index contributed by atoms with van der Waals surface area (Å²) in [6.45, 7) is 8.39. The Bertz CT molecular complexity index is 1370. The number of rotatable bonds is 5. The maximum absolute atomic E-state index is 13.0. The number of likely N-dealkylation sites (tertiary alicyclic amines) is 1. The molecule has 0 bridgehead atoms. The standard InChI is InChI=1S/C30H44N8O3/c1-19-14-23(18-37(19)29(40)41-30(2,3)4)36(7)22-12-13-25(31-17-22)33-28-32-16-20-15-24(27(39)35(5)6)38(26(20)34-28)21-10-8-9-11-21/h15-17,19,21,23H,8-14,18H2,1-7H3,(H,31,32,33,34). The Morgan fingerprint density at radius 2 is 1.85 bits per heavy atom. The lowest BCUT2D eigenvalue weighted by molar-refractivity contribution is 0.0231. The van der Waals surface area contributed by atoms with Crippen LogP contribution in [0.5, 0.6) is 0 Å². The van der Waals surface area contributed by atoms with Crippen LogP contribution in [-0.2, 0) is 4.74 Å². The molecule has 4 heterocycles. The van der Waals surface area contributed by atoms with E-state index in [0.717, 1.165) is 67.5 Å². The first-order valence-electron chi connectivity index (χ1n) is 14.8. The van der Waals surface area contributed by atoms with Crippen LogP contribution in [0.3, 0.4) is 0 Å². The predicted octanol–water partition coefficient (Wildman–Crippen LogP) is 5.02. The van der Waals surface area contributed by atoms with E-state index < -0.39 is 5.60 Å². The summed E-state index contributed by atoms with van der Waals surface area (Å²) in [6, 6.07) is 2.51. The second kappa shape index (κ2) is 11.3. The minimum atomic E-state index is -0.509. The third-order valence-corrected chi connectivity index (χ3v) is 8.32. The van der Waals surface area contributed by atoms with Gasteiger partial charge in [0.15, 0.2) is 0 Å². The van der Waals surface area contributed by atoms with Gasteiger partial charge in [-0.3, -0.25) is 4.79 Å². The first-order valence-corrected chi connectivity index (χ1v) is 14.8. The lowest BCUT2D eigenvalue weighted by Gasteiger charge is -2.31. The van der Waals surface area contributed by atoms with Gasteiger partial charge in [-0.1, -0.05) is 12.8 Å². The number of amides is 2. The van der Waals surface area contributed by atoms with Crippen LogP contribution in [0.4, 0.5) is 10.7 Å². The van der Waals surface area contributed by atoms with Crippen molar-refractivity contribution in [1.82, 2.24) is 29.2 Å². The number of ether oxygens (including phenoxy) is 1. The molecule has 0 aromatic carbocycles. The quantitative estimate of drug-likeness (QED) is 0.543. The zero-order chi connectivity index (χ0) is 29.5. The van der Waals surface area contributed by atoms with Crippen LogP contribution < -0.4 is 5.32 Å². The first kappa shape index (κ1) is 28.9. The molecule has 0 spiro atoms. The first-order chi connectivity index (χ1) is 19.4. The van der Waals surface area contributed by atoms with E-state index in [9.17, 15) is 9.59 Å². The van der Waals surface area contributed by atoms with Crippen LogP contribution in [0.25, 0.3) is 11.0 Å². The van der Waals surface area contributed by atoms with Crippen LogP contribution in [-0.4, -0.2) is 92.4 Å². The van der Waals surface area contributed by atoms with Gasteiger partial charge in [0, 0.05) is 75.7 Å².